The Hall–Kier alpha value is -4.07. The third kappa shape index (κ3) is 3.28. The van der Waals surface area contributed by atoms with Crippen LogP contribution in [0.5, 0.6) is 0 Å². The highest BCUT2D eigenvalue weighted by molar-refractivity contribution is 5.96. The maximum atomic E-state index is 13.2. The van der Waals surface area contributed by atoms with Gasteiger partial charge in [0.1, 0.15) is 16.8 Å². The Morgan fingerprint density at radius 1 is 1.27 bits per heavy atom. The number of carbonyl (C=O) groups excluding carboxylic acids is 1. The van der Waals surface area contributed by atoms with Crippen LogP contribution in [0.4, 0.5) is 0 Å². The lowest BCUT2D eigenvalue weighted by Crippen LogP contribution is -2.35. The van der Waals surface area contributed by atoms with Gasteiger partial charge >= 0.3 is 0 Å². The number of rotatable bonds is 5. The molecule has 4 heterocycles. The van der Waals surface area contributed by atoms with E-state index in [1.54, 1.807) is 35.3 Å². The third-order valence-corrected chi connectivity index (χ3v) is 4.88. The van der Waals surface area contributed by atoms with Crippen LogP contribution in [0.15, 0.2) is 66.4 Å². The summed E-state index contributed by atoms with van der Waals surface area (Å²) in [5.41, 5.74) is 2.38. The Morgan fingerprint density at radius 2 is 2.03 bits per heavy atom. The Morgan fingerprint density at radius 3 is 2.77 bits per heavy atom. The molecule has 0 aliphatic rings. The molecule has 1 amide bonds. The van der Waals surface area contributed by atoms with Gasteiger partial charge in [0.2, 0.25) is 0 Å². The summed E-state index contributed by atoms with van der Waals surface area (Å²) in [7, 11) is 0. The van der Waals surface area contributed by atoms with E-state index in [1.165, 1.54) is 10.5 Å². The molecule has 0 unspecified atom stereocenters. The minimum atomic E-state index is -0.445. The summed E-state index contributed by atoms with van der Waals surface area (Å²) in [4.78, 5) is 34.6. The number of nitrogens with zero attached hydrogens (tertiary/aromatic N) is 4. The van der Waals surface area contributed by atoms with Crippen molar-refractivity contribution in [3.63, 3.8) is 0 Å². The van der Waals surface area contributed by atoms with Gasteiger partial charge in [-0.1, -0.05) is 12.1 Å². The van der Waals surface area contributed by atoms with Crippen LogP contribution in [0.2, 0.25) is 0 Å². The summed E-state index contributed by atoms with van der Waals surface area (Å²) in [5, 5.41) is 11.6. The van der Waals surface area contributed by atoms with Crippen molar-refractivity contribution in [2.75, 3.05) is 6.54 Å². The lowest BCUT2D eigenvalue weighted by molar-refractivity contribution is 0.0955. The van der Waals surface area contributed by atoms with Crippen LogP contribution in [-0.4, -0.2) is 31.4 Å². The SMILES string of the molecule is C=CCNC(=O)c1cc2c(=O)n3cccc(C)c3nc2n(Cc2ccncc2)c1=N. The second-order valence-corrected chi connectivity index (χ2v) is 6.89. The zero-order valence-corrected chi connectivity index (χ0v) is 16.4. The molecule has 0 spiro atoms. The lowest BCUT2D eigenvalue weighted by Gasteiger charge is -2.15. The van der Waals surface area contributed by atoms with Gasteiger partial charge < -0.3 is 9.88 Å². The topological polar surface area (TPSA) is 105 Å². The van der Waals surface area contributed by atoms with E-state index in [0.717, 1.165) is 11.1 Å². The third-order valence-electron chi connectivity index (χ3n) is 4.88. The number of aryl methyl sites for hydroxylation is 1. The monoisotopic (exact) mass is 400 g/mol. The molecule has 0 radical (unpaired) electrons. The average molecular weight is 400 g/mol. The van der Waals surface area contributed by atoms with E-state index in [4.69, 9.17) is 10.4 Å². The van der Waals surface area contributed by atoms with Crippen molar-refractivity contribution in [2.24, 2.45) is 0 Å². The Balaban J connectivity index is 2.07. The molecule has 4 aromatic heterocycles. The van der Waals surface area contributed by atoms with Gasteiger partial charge in [-0.05, 0) is 42.3 Å². The number of carbonyl (C=O) groups is 1. The molecule has 2 N–H and O–H groups in total. The highest BCUT2D eigenvalue weighted by Gasteiger charge is 2.18. The van der Waals surface area contributed by atoms with Gasteiger partial charge in [-0.2, -0.15) is 0 Å². The fourth-order valence-corrected chi connectivity index (χ4v) is 3.35. The molecule has 150 valence electrons. The average Bonchev–Trinajstić information content (AvgIpc) is 2.75. The summed E-state index contributed by atoms with van der Waals surface area (Å²) < 4.78 is 3.05. The normalized spacial score (nSPS) is 11.0. The molecular weight excluding hydrogens is 380 g/mol. The van der Waals surface area contributed by atoms with Crippen molar-refractivity contribution in [1.29, 1.82) is 5.41 Å². The van der Waals surface area contributed by atoms with Crippen LogP contribution in [0, 0.1) is 12.3 Å². The summed E-state index contributed by atoms with van der Waals surface area (Å²) >= 11 is 0. The highest BCUT2D eigenvalue weighted by atomic mass is 16.1. The molecule has 0 saturated carbocycles. The first kappa shape index (κ1) is 19.3. The number of hydrogen-bond donors (Lipinski definition) is 2. The Kier molecular flexibility index (Phi) is 4.97. The first-order chi connectivity index (χ1) is 14.5. The van der Waals surface area contributed by atoms with Gasteiger partial charge in [0.15, 0.2) is 0 Å². The summed E-state index contributed by atoms with van der Waals surface area (Å²) in [6.45, 7) is 6.00. The summed E-state index contributed by atoms with van der Waals surface area (Å²) in [6.07, 6.45) is 6.52. The summed E-state index contributed by atoms with van der Waals surface area (Å²) in [6, 6.07) is 8.74. The molecule has 0 bridgehead atoms. The number of amides is 1. The quantitative estimate of drug-likeness (QED) is 0.394. The fourth-order valence-electron chi connectivity index (χ4n) is 3.35. The van der Waals surface area contributed by atoms with Crippen molar-refractivity contribution in [2.45, 2.75) is 13.5 Å². The smallest absolute Gasteiger partial charge is 0.267 e. The second kappa shape index (κ2) is 7.75. The number of nitrogens with one attached hydrogen (secondary N) is 2. The summed E-state index contributed by atoms with van der Waals surface area (Å²) in [5.74, 6) is -0.445. The zero-order chi connectivity index (χ0) is 21.3. The molecule has 8 heteroatoms. The molecule has 30 heavy (non-hydrogen) atoms. The fraction of sp³-hybridized carbons (Fsp3) is 0.136. The predicted octanol–water partition coefficient (Wildman–Crippen LogP) is 1.80. The van der Waals surface area contributed by atoms with Crippen molar-refractivity contribution in [1.82, 2.24) is 24.3 Å². The predicted molar refractivity (Wildman–Crippen MR) is 113 cm³/mol. The second-order valence-electron chi connectivity index (χ2n) is 6.89. The van der Waals surface area contributed by atoms with Crippen LogP contribution in [-0.2, 0) is 6.54 Å². The number of pyridine rings is 3. The standard InChI is InChI=1S/C22H20N6O2/c1-3-8-25-21(29)16-12-17-20(26-19-14(2)5-4-11-27(19)22(17)30)28(18(16)23)13-15-6-9-24-10-7-15/h3-7,9-12,23H,1,8,13H2,2H3,(H,25,29). The van der Waals surface area contributed by atoms with Gasteiger partial charge in [-0.3, -0.25) is 24.4 Å². The van der Waals surface area contributed by atoms with Crippen LogP contribution in [0.3, 0.4) is 0 Å². The van der Waals surface area contributed by atoms with E-state index in [0.29, 0.717) is 11.3 Å². The van der Waals surface area contributed by atoms with E-state index in [-0.39, 0.29) is 35.1 Å². The maximum absolute atomic E-state index is 13.2. The van der Waals surface area contributed by atoms with E-state index in [9.17, 15) is 9.59 Å². The largest absolute Gasteiger partial charge is 0.348 e. The maximum Gasteiger partial charge on any atom is 0.267 e. The zero-order valence-electron chi connectivity index (χ0n) is 16.4. The lowest BCUT2D eigenvalue weighted by atomic mass is 10.1. The van der Waals surface area contributed by atoms with Crippen molar-refractivity contribution in [3.05, 3.63) is 94.1 Å². The number of hydrogen-bond acceptors (Lipinski definition) is 5. The number of fused-ring (bicyclic) bond motifs is 2. The first-order valence-corrected chi connectivity index (χ1v) is 9.39. The number of aromatic nitrogens is 4. The highest BCUT2D eigenvalue weighted by Crippen LogP contribution is 2.14. The molecule has 0 fully saturated rings. The van der Waals surface area contributed by atoms with Crippen LogP contribution >= 0.6 is 0 Å². The minimum Gasteiger partial charge on any atom is -0.348 e. The van der Waals surface area contributed by atoms with E-state index in [2.05, 4.69) is 16.9 Å². The molecular formula is C22H20N6O2. The van der Waals surface area contributed by atoms with Gasteiger partial charge in [0.05, 0.1) is 17.5 Å². The molecule has 0 aliphatic heterocycles. The molecule has 0 saturated heterocycles. The van der Waals surface area contributed by atoms with E-state index >= 15 is 0 Å². The van der Waals surface area contributed by atoms with E-state index in [1.807, 2.05) is 25.1 Å². The Bertz CT molecular complexity index is 1400. The molecule has 0 atom stereocenters. The first-order valence-electron chi connectivity index (χ1n) is 9.39. The molecule has 8 nitrogen and oxygen atoms in total. The Labute approximate surface area is 171 Å². The van der Waals surface area contributed by atoms with Crippen LogP contribution in [0.25, 0.3) is 16.7 Å². The molecule has 4 rings (SSSR count). The molecule has 0 aliphatic carbocycles. The van der Waals surface area contributed by atoms with Crippen LogP contribution in [0.1, 0.15) is 21.5 Å². The molecule has 0 aromatic carbocycles. The van der Waals surface area contributed by atoms with Crippen molar-refractivity contribution >= 4 is 22.6 Å². The molecule has 4 aromatic rings. The van der Waals surface area contributed by atoms with E-state index < -0.39 is 5.91 Å². The van der Waals surface area contributed by atoms with Gasteiger partial charge in [0.25, 0.3) is 11.5 Å². The van der Waals surface area contributed by atoms with Gasteiger partial charge in [0, 0.05) is 25.1 Å². The van der Waals surface area contributed by atoms with Crippen molar-refractivity contribution < 1.29 is 4.79 Å². The minimum absolute atomic E-state index is 0.0225. The van der Waals surface area contributed by atoms with Crippen molar-refractivity contribution in [3.8, 4) is 0 Å². The van der Waals surface area contributed by atoms with Crippen LogP contribution < -0.4 is 16.4 Å². The van der Waals surface area contributed by atoms with Gasteiger partial charge in [-0.15, -0.1) is 6.58 Å². The van der Waals surface area contributed by atoms with Gasteiger partial charge in [-0.25, -0.2) is 4.98 Å².